The molecule has 0 saturated heterocycles. The molecule has 0 radical (unpaired) electrons. The van der Waals surface area contributed by atoms with Gasteiger partial charge in [-0.15, -0.1) is 11.3 Å². The third-order valence-corrected chi connectivity index (χ3v) is 4.85. The van der Waals surface area contributed by atoms with Crippen LogP contribution in [0.4, 0.5) is 5.69 Å². The largest absolute Gasteiger partial charge is 0.482 e. The molecular weight excluding hydrogens is 405 g/mol. The number of thiophene rings is 1. The second-order valence-electron chi connectivity index (χ2n) is 3.81. The number of carbonyl (C=O) groups is 1. The molecule has 0 aliphatic carbocycles. The number of nitro benzene ring substituents is 1. The molecule has 0 amide bonds. The van der Waals surface area contributed by atoms with E-state index in [2.05, 4.69) is 15.9 Å². The molecule has 9 heteroatoms. The van der Waals surface area contributed by atoms with Gasteiger partial charge in [0.2, 0.25) is 5.78 Å². The zero-order valence-electron chi connectivity index (χ0n) is 10.1. The Bertz CT molecular complexity index is 696. The Morgan fingerprint density at radius 2 is 2.00 bits per heavy atom. The zero-order valence-corrected chi connectivity index (χ0v) is 14.1. The predicted octanol–water partition coefficient (Wildman–Crippen LogP) is 4.99. The fraction of sp³-hybridized carbons (Fsp3) is 0.0833. The molecule has 2 aromatic rings. The molecule has 21 heavy (non-hydrogen) atoms. The number of benzene rings is 1. The molecule has 0 fully saturated rings. The lowest BCUT2D eigenvalue weighted by Crippen LogP contribution is -2.11. The number of nitrogens with zero attached hydrogens (tertiary/aromatic N) is 1. The van der Waals surface area contributed by atoms with Crippen LogP contribution < -0.4 is 4.74 Å². The van der Waals surface area contributed by atoms with Crippen LogP contribution in [0.5, 0.6) is 5.75 Å². The summed E-state index contributed by atoms with van der Waals surface area (Å²) >= 11 is 16.3. The van der Waals surface area contributed by atoms with Crippen molar-refractivity contribution in [1.29, 1.82) is 0 Å². The molecule has 1 aromatic carbocycles. The van der Waals surface area contributed by atoms with Gasteiger partial charge in [-0.2, -0.15) is 0 Å². The average Bonchev–Trinajstić information content (AvgIpc) is 2.83. The molecule has 0 N–H and O–H groups in total. The molecule has 1 aromatic heterocycles. The lowest BCUT2D eigenvalue weighted by molar-refractivity contribution is -0.384. The maximum absolute atomic E-state index is 12.0. The third-order valence-electron chi connectivity index (χ3n) is 2.41. The van der Waals surface area contributed by atoms with Gasteiger partial charge in [-0.05, 0) is 27.4 Å². The minimum absolute atomic E-state index is 0.0211. The minimum atomic E-state index is -0.616. The average molecular weight is 411 g/mol. The van der Waals surface area contributed by atoms with Gasteiger partial charge in [0.05, 0.1) is 19.8 Å². The quantitative estimate of drug-likeness (QED) is 0.395. The zero-order chi connectivity index (χ0) is 15.6. The van der Waals surface area contributed by atoms with Crippen LogP contribution in [0.3, 0.4) is 0 Å². The van der Waals surface area contributed by atoms with Gasteiger partial charge in [0, 0.05) is 16.6 Å². The number of rotatable bonds is 5. The van der Waals surface area contributed by atoms with Gasteiger partial charge in [-0.1, -0.05) is 23.2 Å². The summed E-state index contributed by atoms with van der Waals surface area (Å²) in [6.07, 6.45) is 0. The number of halogens is 3. The Kier molecular flexibility index (Phi) is 5.21. The van der Waals surface area contributed by atoms with Crippen molar-refractivity contribution in [2.24, 2.45) is 0 Å². The van der Waals surface area contributed by atoms with Crippen molar-refractivity contribution in [2.75, 3.05) is 6.61 Å². The summed E-state index contributed by atoms with van der Waals surface area (Å²) in [6, 6.07) is 3.99. The van der Waals surface area contributed by atoms with Crippen molar-refractivity contribution in [2.45, 2.75) is 0 Å². The number of ketones is 1. The molecule has 110 valence electrons. The first-order valence-corrected chi connectivity index (χ1v) is 7.85. The second-order valence-corrected chi connectivity index (χ2v) is 6.39. The van der Waals surface area contributed by atoms with Crippen LogP contribution in [0.2, 0.25) is 10.0 Å². The molecular formula is C12H6BrCl2NO4S. The number of ether oxygens (including phenoxy) is 1. The van der Waals surface area contributed by atoms with Crippen LogP contribution in [0.1, 0.15) is 9.67 Å². The maximum Gasteiger partial charge on any atom is 0.272 e. The van der Waals surface area contributed by atoms with E-state index in [0.717, 1.165) is 12.1 Å². The van der Waals surface area contributed by atoms with Gasteiger partial charge in [-0.25, -0.2) is 0 Å². The van der Waals surface area contributed by atoms with Crippen LogP contribution in [0, 0.1) is 10.1 Å². The fourth-order valence-corrected chi connectivity index (χ4v) is 3.59. The first-order chi connectivity index (χ1) is 9.90. The summed E-state index contributed by atoms with van der Waals surface area (Å²) in [6.45, 7) is -0.267. The monoisotopic (exact) mass is 409 g/mol. The smallest absolute Gasteiger partial charge is 0.272 e. The van der Waals surface area contributed by atoms with Gasteiger partial charge < -0.3 is 4.74 Å². The highest BCUT2D eigenvalue weighted by Gasteiger charge is 2.18. The molecule has 1 heterocycles. The van der Waals surface area contributed by atoms with E-state index < -0.39 is 4.92 Å². The summed E-state index contributed by atoms with van der Waals surface area (Å²) in [4.78, 5) is 22.5. The van der Waals surface area contributed by atoms with E-state index in [0.29, 0.717) is 9.35 Å². The molecule has 0 atom stereocenters. The standard InChI is InChI=1S/C12H6BrCl2NO4S/c13-7-1-2-21-12(7)10(17)5-20-11-8(14)3-6(16(18)19)4-9(11)15/h1-4H,5H2. The molecule has 0 spiro atoms. The molecule has 0 unspecified atom stereocenters. The summed E-state index contributed by atoms with van der Waals surface area (Å²) in [5, 5.41) is 12.4. The van der Waals surface area contributed by atoms with Crippen molar-refractivity contribution < 1.29 is 14.5 Å². The molecule has 0 aliphatic heterocycles. The van der Waals surface area contributed by atoms with E-state index in [1.807, 2.05) is 0 Å². The van der Waals surface area contributed by atoms with Gasteiger partial charge in [0.25, 0.3) is 5.69 Å². The normalized spacial score (nSPS) is 10.4. The van der Waals surface area contributed by atoms with Crippen LogP contribution in [-0.2, 0) is 0 Å². The molecule has 0 saturated carbocycles. The van der Waals surface area contributed by atoms with Gasteiger partial charge in [0.15, 0.2) is 12.4 Å². The first-order valence-electron chi connectivity index (χ1n) is 5.42. The molecule has 2 rings (SSSR count). The highest BCUT2D eigenvalue weighted by molar-refractivity contribution is 9.10. The highest BCUT2D eigenvalue weighted by Crippen LogP contribution is 2.37. The minimum Gasteiger partial charge on any atom is -0.482 e. The van der Waals surface area contributed by atoms with E-state index in [4.69, 9.17) is 27.9 Å². The van der Waals surface area contributed by atoms with E-state index in [9.17, 15) is 14.9 Å². The highest BCUT2D eigenvalue weighted by atomic mass is 79.9. The maximum atomic E-state index is 12.0. The Balaban J connectivity index is 2.16. The number of hydrogen-bond acceptors (Lipinski definition) is 5. The SMILES string of the molecule is O=C(COc1c(Cl)cc([N+](=O)[O-])cc1Cl)c1sccc1Br. The number of non-ortho nitro benzene ring substituents is 1. The lowest BCUT2D eigenvalue weighted by Gasteiger charge is -2.09. The Morgan fingerprint density at radius 1 is 1.38 bits per heavy atom. The number of hydrogen-bond donors (Lipinski definition) is 0. The van der Waals surface area contributed by atoms with Crippen molar-refractivity contribution >= 4 is 61.9 Å². The molecule has 0 bridgehead atoms. The Morgan fingerprint density at radius 3 is 2.48 bits per heavy atom. The van der Waals surface area contributed by atoms with E-state index in [1.165, 1.54) is 11.3 Å². The van der Waals surface area contributed by atoms with Crippen LogP contribution >= 0.6 is 50.5 Å². The lowest BCUT2D eigenvalue weighted by atomic mass is 10.3. The molecule has 0 aliphatic rings. The van der Waals surface area contributed by atoms with Crippen molar-refractivity contribution in [1.82, 2.24) is 0 Å². The van der Waals surface area contributed by atoms with Crippen LogP contribution in [0.15, 0.2) is 28.1 Å². The van der Waals surface area contributed by atoms with Crippen molar-refractivity contribution in [3.8, 4) is 5.75 Å². The summed E-state index contributed by atoms with van der Waals surface area (Å²) in [5.74, 6) is -0.202. The third kappa shape index (κ3) is 3.74. The van der Waals surface area contributed by atoms with Crippen molar-refractivity contribution in [3.05, 3.63) is 53.1 Å². The first kappa shape index (κ1) is 16.2. The second kappa shape index (κ2) is 6.74. The Labute approximate surface area is 141 Å². The fourth-order valence-electron chi connectivity index (χ4n) is 1.49. The number of carbonyl (C=O) groups excluding carboxylic acids is 1. The Hall–Kier alpha value is -1.15. The van der Waals surface area contributed by atoms with Gasteiger partial charge in [0.1, 0.15) is 0 Å². The summed E-state index contributed by atoms with van der Waals surface area (Å²) in [5.41, 5.74) is -0.246. The van der Waals surface area contributed by atoms with E-state index >= 15 is 0 Å². The number of Topliss-reactive ketones (excluding diaryl/α,β-unsaturated/α-hetero) is 1. The van der Waals surface area contributed by atoms with Crippen LogP contribution in [-0.4, -0.2) is 17.3 Å². The summed E-state index contributed by atoms with van der Waals surface area (Å²) in [7, 11) is 0. The molecule has 5 nitrogen and oxygen atoms in total. The van der Waals surface area contributed by atoms with Gasteiger partial charge >= 0.3 is 0 Å². The van der Waals surface area contributed by atoms with Crippen LogP contribution in [0.25, 0.3) is 0 Å². The van der Waals surface area contributed by atoms with Gasteiger partial charge in [-0.3, -0.25) is 14.9 Å². The van der Waals surface area contributed by atoms with E-state index in [1.54, 1.807) is 11.4 Å². The summed E-state index contributed by atoms with van der Waals surface area (Å²) < 4.78 is 5.98. The number of nitro groups is 1. The van der Waals surface area contributed by atoms with Crippen molar-refractivity contribution in [3.63, 3.8) is 0 Å². The topological polar surface area (TPSA) is 69.4 Å². The predicted molar refractivity (Wildman–Crippen MR) is 85.0 cm³/mol. The van der Waals surface area contributed by atoms with E-state index in [-0.39, 0.29) is 33.9 Å².